The molecule has 0 radical (unpaired) electrons. The monoisotopic (exact) mass is 596 g/mol. The van der Waals surface area contributed by atoms with Crippen LogP contribution >= 0.6 is 0 Å². The van der Waals surface area contributed by atoms with Gasteiger partial charge >= 0.3 is 5.97 Å². The van der Waals surface area contributed by atoms with Gasteiger partial charge in [0, 0.05) is 31.2 Å². The summed E-state index contributed by atoms with van der Waals surface area (Å²) in [6, 6.07) is 22.9. The van der Waals surface area contributed by atoms with Crippen molar-refractivity contribution in [2.45, 2.75) is 49.9 Å². The minimum absolute atomic E-state index is 0.0566. The summed E-state index contributed by atoms with van der Waals surface area (Å²) in [6.07, 6.45) is 3.46. The summed E-state index contributed by atoms with van der Waals surface area (Å²) in [5.74, 6) is -3.04. The Kier molecular flexibility index (Phi) is 11.4. The van der Waals surface area contributed by atoms with E-state index in [0.29, 0.717) is 5.69 Å². The Morgan fingerprint density at radius 1 is 0.636 bits per heavy atom. The van der Waals surface area contributed by atoms with Crippen molar-refractivity contribution in [3.05, 3.63) is 126 Å². The first-order valence-corrected chi connectivity index (χ1v) is 14.3. The summed E-state index contributed by atoms with van der Waals surface area (Å²) in [5, 5.41) is 17.9. The summed E-state index contributed by atoms with van der Waals surface area (Å²) >= 11 is 0. The van der Waals surface area contributed by atoms with Crippen LogP contribution in [0.25, 0.3) is 0 Å². The van der Waals surface area contributed by atoms with Gasteiger partial charge < -0.3 is 31.8 Å². The molecule has 0 aliphatic rings. The van der Waals surface area contributed by atoms with Gasteiger partial charge in [-0.1, -0.05) is 91.0 Å². The number of carboxylic acid groups (broad SMARTS) is 1. The number of hydrogen-bond donors (Lipinski definition) is 6. The van der Waals surface area contributed by atoms with Crippen molar-refractivity contribution in [1.82, 2.24) is 25.9 Å². The largest absolute Gasteiger partial charge is 0.480 e. The molecule has 0 fully saturated rings. The number of carboxylic acids is 1. The molecule has 44 heavy (non-hydrogen) atoms. The molecule has 0 aliphatic heterocycles. The Morgan fingerprint density at radius 2 is 1.07 bits per heavy atom. The third-order valence-electron chi connectivity index (χ3n) is 7.06. The quantitative estimate of drug-likeness (QED) is 0.120. The molecule has 7 N–H and O–H groups in total. The molecule has 3 aromatic carbocycles. The molecule has 0 aliphatic carbocycles. The zero-order valence-corrected chi connectivity index (χ0v) is 24.1. The predicted molar refractivity (Wildman–Crippen MR) is 164 cm³/mol. The summed E-state index contributed by atoms with van der Waals surface area (Å²) in [4.78, 5) is 59.3. The van der Waals surface area contributed by atoms with E-state index in [9.17, 15) is 24.3 Å². The van der Waals surface area contributed by atoms with Gasteiger partial charge in [-0.2, -0.15) is 0 Å². The van der Waals surface area contributed by atoms with E-state index < -0.39 is 47.9 Å². The summed E-state index contributed by atoms with van der Waals surface area (Å²) in [6.45, 7) is 0. The van der Waals surface area contributed by atoms with E-state index in [2.05, 4.69) is 25.9 Å². The lowest BCUT2D eigenvalue weighted by Gasteiger charge is -2.25. The van der Waals surface area contributed by atoms with Gasteiger partial charge in [0.1, 0.15) is 18.1 Å². The molecule has 0 saturated heterocycles. The van der Waals surface area contributed by atoms with Gasteiger partial charge in [-0.3, -0.25) is 14.4 Å². The number of nitrogens with two attached hydrogens (primary N) is 1. The van der Waals surface area contributed by atoms with Crippen LogP contribution in [0.15, 0.2) is 104 Å². The minimum Gasteiger partial charge on any atom is -0.480 e. The van der Waals surface area contributed by atoms with Crippen LogP contribution in [0.5, 0.6) is 0 Å². The van der Waals surface area contributed by atoms with Gasteiger partial charge in [-0.15, -0.1) is 0 Å². The third-order valence-corrected chi connectivity index (χ3v) is 7.06. The van der Waals surface area contributed by atoms with Crippen LogP contribution in [0.1, 0.15) is 22.4 Å². The number of carbonyl (C=O) groups excluding carboxylic acids is 3. The Bertz CT molecular complexity index is 1500. The van der Waals surface area contributed by atoms with Crippen molar-refractivity contribution in [3.63, 3.8) is 0 Å². The maximum atomic E-state index is 13.7. The lowest BCUT2D eigenvalue weighted by molar-refractivity contribution is -0.142. The highest BCUT2D eigenvalue weighted by Gasteiger charge is 2.31. The van der Waals surface area contributed by atoms with Gasteiger partial charge in [-0.25, -0.2) is 9.78 Å². The van der Waals surface area contributed by atoms with Crippen LogP contribution in [0.2, 0.25) is 0 Å². The molecule has 3 amide bonds. The highest BCUT2D eigenvalue weighted by atomic mass is 16.4. The molecule has 0 spiro atoms. The van der Waals surface area contributed by atoms with Crippen LogP contribution in [0.4, 0.5) is 0 Å². The number of aliphatic carboxylic acids is 1. The van der Waals surface area contributed by atoms with E-state index in [0.717, 1.165) is 16.7 Å². The number of aromatic nitrogens is 2. The Hall–Kier alpha value is -5.29. The third kappa shape index (κ3) is 9.63. The maximum Gasteiger partial charge on any atom is 0.326 e. The van der Waals surface area contributed by atoms with E-state index in [1.165, 1.54) is 12.5 Å². The average molecular weight is 597 g/mol. The molecule has 1 heterocycles. The van der Waals surface area contributed by atoms with E-state index >= 15 is 0 Å². The minimum atomic E-state index is -1.23. The number of aromatic amines is 1. The number of hydrogen-bond acceptors (Lipinski definition) is 6. The van der Waals surface area contributed by atoms with Crippen molar-refractivity contribution in [1.29, 1.82) is 0 Å². The SMILES string of the molecule is NC(Cc1ccccc1)C(=O)NC(Cc1cnc[nH]1)C(=O)NC(Cc1ccccc1)C(=O)NC(Cc1ccccc1)C(=O)O. The summed E-state index contributed by atoms with van der Waals surface area (Å²) in [7, 11) is 0. The molecule has 0 bridgehead atoms. The topological polar surface area (TPSA) is 179 Å². The van der Waals surface area contributed by atoms with Crippen molar-refractivity contribution in [3.8, 4) is 0 Å². The molecular weight excluding hydrogens is 560 g/mol. The van der Waals surface area contributed by atoms with E-state index in [1.54, 1.807) is 48.5 Å². The summed E-state index contributed by atoms with van der Waals surface area (Å²) < 4.78 is 0. The zero-order valence-electron chi connectivity index (χ0n) is 24.1. The zero-order chi connectivity index (χ0) is 31.3. The molecule has 4 rings (SSSR count). The molecule has 1 aromatic heterocycles. The first kappa shape index (κ1) is 31.6. The van der Waals surface area contributed by atoms with Crippen LogP contribution in [0.3, 0.4) is 0 Å². The van der Waals surface area contributed by atoms with Crippen LogP contribution in [-0.4, -0.2) is 62.9 Å². The number of carbonyl (C=O) groups is 4. The molecule has 0 saturated carbocycles. The van der Waals surface area contributed by atoms with Gasteiger partial charge in [0.25, 0.3) is 0 Å². The number of benzene rings is 3. The number of nitrogens with one attached hydrogen (secondary N) is 4. The molecule has 4 atom stereocenters. The van der Waals surface area contributed by atoms with Crippen LogP contribution < -0.4 is 21.7 Å². The van der Waals surface area contributed by atoms with E-state index in [4.69, 9.17) is 5.73 Å². The van der Waals surface area contributed by atoms with E-state index in [-0.39, 0.29) is 25.7 Å². The normalized spacial score (nSPS) is 13.6. The highest BCUT2D eigenvalue weighted by Crippen LogP contribution is 2.09. The highest BCUT2D eigenvalue weighted by molar-refractivity contribution is 5.94. The van der Waals surface area contributed by atoms with Gasteiger partial charge in [0.05, 0.1) is 12.4 Å². The maximum absolute atomic E-state index is 13.7. The number of H-pyrrole nitrogens is 1. The standard InChI is InChI=1S/C33H36N6O5/c34-26(16-22-10-4-1-5-11-22)30(40)37-28(19-25-20-35-21-36-25)32(42)38-27(17-23-12-6-2-7-13-23)31(41)39-29(33(43)44)18-24-14-8-3-9-15-24/h1-15,20-21,26-29H,16-19,34H2,(H,35,36)(H,37,40)(H,38,42)(H,39,41)(H,43,44). The smallest absolute Gasteiger partial charge is 0.326 e. The van der Waals surface area contributed by atoms with Crippen molar-refractivity contribution in [2.75, 3.05) is 0 Å². The molecule has 4 aromatic rings. The van der Waals surface area contributed by atoms with Crippen molar-refractivity contribution in [2.24, 2.45) is 5.73 Å². The summed E-state index contributed by atoms with van der Waals surface area (Å²) in [5.41, 5.74) is 9.12. The van der Waals surface area contributed by atoms with Crippen LogP contribution in [-0.2, 0) is 44.9 Å². The fourth-order valence-corrected chi connectivity index (χ4v) is 4.72. The second kappa shape index (κ2) is 15.8. The van der Waals surface area contributed by atoms with Gasteiger partial charge in [0.2, 0.25) is 17.7 Å². The molecule has 11 nitrogen and oxygen atoms in total. The molecular formula is C33H36N6O5. The van der Waals surface area contributed by atoms with Gasteiger partial charge in [-0.05, 0) is 23.1 Å². The second-order valence-corrected chi connectivity index (χ2v) is 10.5. The molecule has 4 unspecified atom stereocenters. The Balaban J connectivity index is 1.52. The van der Waals surface area contributed by atoms with E-state index in [1.807, 2.05) is 42.5 Å². The van der Waals surface area contributed by atoms with Crippen LogP contribution in [0, 0.1) is 0 Å². The fourth-order valence-electron chi connectivity index (χ4n) is 4.72. The number of amides is 3. The van der Waals surface area contributed by atoms with Crippen molar-refractivity contribution >= 4 is 23.7 Å². The first-order valence-electron chi connectivity index (χ1n) is 14.3. The number of imidazole rings is 1. The number of rotatable bonds is 15. The average Bonchev–Trinajstić information content (AvgIpc) is 3.54. The van der Waals surface area contributed by atoms with Crippen molar-refractivity contribution < 1.29 is 24.3 Å². The Morgan fingerprint density at radius 3 is 1.55 bits per heavy atom. The fraction of sp³-hybridized carbons (Fsp3) is 0.242. The number of nitrogens with zero attached hydrogens (tertiary/aromatic N) is 1. The Labute approximate surface area is 255 Å². The predicted octanol–water partition coefficient (Wildman–Crippen LogP) is 1.55. The lowest BCUT2D eigenvalue weighted by Crippen LogP contribution is -2.58. The molecule has 228 valence electrons. The molecule has 11 heteroatoms. The van der Waals surface area contributed by atoms with Gasteiger partial charge in [0.15, 0.2) is 0 Å². The lowest BCUT2D eigenvalue weighted by atomic mass is 10.0. The first-order chi connectivity index (χ1) is 21.3. The second-order valence-electron chi connectivity index (χ2n) is 10.5.